The van der Waals surface area contributed by atoms with E-state index in [1.165, 1.54) is 14.0 Å². The highest BCUT2D eigenvalue weighted by Crippen LogP contribution is 2.38. The van der Waals surface area contributed by atoms with Crippen molar-refractivity contribution < 1.29 is 19.1 Å². The molecule has 1 fully saturated rings. The van der Waals surface area contributed by atoms with E-state index in [0.29, 0.717) is 22.9 Å². The molecule has 6 heteroatoms. The van der Waals surface area contributed by atoms with E-state index in [1.54, 1.807) is 24.3 Å². The van der Waals surface area contributed by atoms with Crippen LogP contribution >= 0.6 is 0 Å². The molecule has 0 radical (unpaired) electrons. The topological polar surface area (TPSA) is 81.3 Å². The van der Waals surface area contributed by atoms with Crippen LogP contribution in [0.4, 0.5) is 0 Å². The van der Waals surface area contributed by atoms with Gasteiger partial charge in [0.05, 0.1) is 7.11 Å². The van der Waals surface area contributed by atoms with Crippen LogP contribution in [0, 0.1) is 25.2 Å². The number of nitrogens with zero attached hydrogens (tertiary/aromatic N) is 2. The molecule has 0 amide bonds. The third kappa shape index (κ3) is 4.40. The molecule has 6 nitrogen and oxygen atoms in total. The number of aryl methyl sites for hydroxylation is 1. The highest BCUT2D eigenvalue weighted by molar-refractivity contribution is 5.98. The molecule has 1 aliphatic carbocycles. The monoisotopic (exact) mass is 392 g/mol. The number of carbonyl (C=O) groups excluding carboxylic acids is 2. The zero-order valence-corrected chi connectivity index (χ0v) is 17.1. The zero-order valence-electron chi connectivity index (χ0n) is 17.1. The van der Waals surface area contributed by atoms with Crippen molar-refractivity contribution in [3.8, 4) is 11.8 Å². The van der Waals surface area contributed by atoms with Crippen molar-refractivity contribution in [2.75, 3.05) is 7.11 Å². The van der Waals surface area contributed by atoms with Crippen molar-refractivity contribution in [2.45, 2.75) is 46.3 Å². The summed E-state index contributed by atoms with van der Waals surface area (Å²) in [5.41, 5.74) is 4.01. The Hall–Kier alpha value is -3.33. The molecule has 0 bridgehead atoms. The van der Waals surface area contributed by atoms with Crippen molar-refractivity contribution in [3.63, 3.8) is 0 Å². The van der Waals surface area contributed by atoms with E-state index in [9.17, 15) is 14.9 Å². The number of carbonyl (C=O) groups is 2. The van der Waals surface area contributed by atoms with Gasteiger partial charge in [0.1, 0.15) is 24.0 Å². The molecule has 0 N–H and O–H groups in total. The van der Waals surface area contributed by atoms with Gasteiger partial charge in [-0.3, -0.25) is 4.79 Å². The number of methoxy groups -OCH3 is 1. The number of rotatable bonds is 7. The van der Waals surface area contributed by atoms with Crippen LogP contribution in [0.5, 0.6) is 5.75 Å². The summed E-state index contributed by atoms with van der Waals surface area (Å²) in [5.74, 6) is -0.291. The van der Waals surface area contributed by atoms with Crippen molar-refractivity contribution in [1.82, 2.24) is 4.57 Å². The Morgan fingerprint density at radius 1 is 1.28 bits per heavy atom. The molecule has 29 heavy (non-hydrogen) atoms. The molecule has 0 spiro atoms. The Morgan fingerprint density at radius 3 is 2.59 bits per heavy atom. The maximum Gasteiger partial charge on any atom is 0.349 e. The summed E-state index contributed by atoms with van der Waals surface area (Å²) in [6.45, 7) is 5.40. The first kappa shape index (κ1) is 20.4. The summed E-state index contributed by atoms with van der Waals surface area (Å²) in [6, 6.07) is 9.39. The molecule has 1 saturated carbocycles. The first-order valence-corrected chi connectivity index (χ1v) is 9.51. The lowest BCUT2D eigenvalue weighted by Gasteiger charge is -2.10. The fraction of sp³-hybridized carbons (Fsp3) is 0.348. The van der Waals surface area contributed by atoms with Gasteiger partial charge < -0.3 is 14.0 Å². The largest absolute Gasteiger partial charge is 0.496 e. The number of hydrogen-bond donors (Lipinski definition) is 0. The van der Waals surface area contributed by atoms with Gasteiger partial charge in [-0.25, -0.2) is 4.79 Å². The second kappa shape index (κ2) is 8.36. The number of nitriles is 1. The summed E-state index contributed by atoms with van der Waals surface area (Å²) in [7, 11) is 1.50. The van der Waals surface area contributed by atoms with E-state index < -0.39 is 5.97 Å². The second-order valence-corrected chi connectivity index (χ2v) is 7.26. The SMILES string of the molecule is COc1ccc(C(C)=O)cc1COC(=O)/C(C#N)=C/c1cc(C)n(C2CC2)c1C. The highest BCUT2D eigenvalue weighted by atomic mass is 16.5. The third-order valence-corrected chi connectivity index (χ3v) is 5.12. The Labute approximate surface area is 170 Å². The second-order valence-electron chi connectivity index (χ2n) is 7.26. The molecule has 1 aromatic heterocycles. The molecule has 0 atom stereocenters. The predicted octanol–water partition coefficient (Wildman–Crippen LogP) is 4.30. The first-order valence-electron chi connectivity index (χ1n) is 9.51. The van der Waals surface area contributed by atoms with Crippen LogP contribution in [-0.4, -0.2) is 23.4 Å². The predicted molar refractivity (Wildman–Crippen MR) is 109 cm³/mol. The maximum absolute atomic E-state index is 12.5. The average Bonchev–Trinajstić information content (AvgIpc) is 3.49. The van der Waals surface area contributed by atoms with Crippen LogP contribution in [0.15, 0.2) is 29.8 Å². The molecule has 1 aromatic carbocycles. The fourth-order valence-corrected chi connectivity index (χ4v) is 3.47. The molecular weight excluding hydrogens is 368 g/mol. The van der Waals surface area contributed by atoms with Gasteiger partial charge in [-0.05, 0) is 69.5 Å². The standard InChI is InChI=1S/C23H24N2O4/c1-14-9-18(15(2)25(14)21-6-7-21)11-19(12-24)23(27)29-13-20-10-17(16(3)26)5-8-22(20)28-4/h5,8-11,21H,6-7,13H2,1-4H3/b19-11+. The molecule has 1 heterocycles. The van der Waals surface area contributed by atoms with Crippen molar-refractivity contribution in [1.29, 1.82) is 5.26 Å². The average molecular weight is 392 g/mol. The molecule has 150 valence electrons. The van der Waals surface area contributed by atoms with E-state index in [0.717, 1.165) is 29.8 Å². The summed E-state index contributed by atoms with van der Waals surface area (Å²) < 4.78 is 12.9. The molecule has 1 aliphatic rings. The number of benzene rings is 1. The quantitative estimate of drug-likeness (QED) is 0.304. The summed E-state index contributed by atoms with van der Waals surface area (Å²) in [4.78, 5) is 24.1. The lowest BCUT2D eigenvalue weighted by atomic mass is 10.1. The van der Waals surface area contributed by atoms with Gasteiger partial charge in [-0.1, -0.05) is 0 Å². The van der Waals surface area contributed by atoms with Gasteiger partial charge in [0.25, 0.3) is 0 Å². The Bertz CT molecular complexity index is 1040. The van der Waals surface area contributed by atoms with Crippen LogP contribution in [0.1, 0.15) is 58.7 Å². The Kier molecular flexibility index (Phi) is 5.88. The number of esters is 1. The summed E-state index contributed by atoms with van der Waals surface area (Å²) in [5, 5.41) is 9.47. The summed E-state index contributed by atoms with van der Waals surface area (Å²) in [6.07, 6.45) is 3.90. The van der Waals surface area contributed by atoms with Gasteiger partial charge in [0, 0.05) is 28.6 Å². The van der Waals surface area contributed by atoms with Gasteiger partial charge in [-0.2, -0.15) is 5.26 Å². The maximum atomic E-state index is 12.5. The first-order chi connectivity index (χ1) is 13.8. The number of ether oxygens (including phenoxy) is 2. The number of ketones is 1. The van der Waals surface area contributed by atoms with Gasteiger partial charge in [-0.15, -0.1) is 0 Å². The normalized spacial score (nSPS) is 13.7. The highest BCUT2D eigenvalue weighted by Gasteiger charge is 2.27. The molecule has 0 aliphatic heterocycles. The lowest BCUT2D eigenvalue weighted by molar-refractivity contribution is -0.139. The molecule has 2 aromatic rings. The van der Waals surface area contributed by atoms with E-state index >= 15 is 0 Å². The molecule has 3 rings (SSSR count). The van der Waals surface area contributed by atoms with Gasteiger partial charge in [0.2, 0.25) is 0 Å². The number of hydrogen-bond acceptors (Lipinski definition) is 5. The lowest BCUT2D eigenvalue weighted by Crippen LogP contribution is -2.08. The van der Waals surface area contributed by atoms with Gasteiger partial charge in [0.15, 0.2) is 5.78 Å². The van der Waals surface area contributed by atoms with Crippen LogP contribution in [-0.2, 0) is 16.1 Å². The number of aromatic nitrogens is 1. The molecule has 0 saturated heterocycles. The van der Waals surface area contributed by atoms with E-state index in [-0.39, 0.29) is 18.0 Å². The van der Waals surface area contributed by atoms with Gasteiger partial charge >= 0.3 is 5.97 Å². The van der Waals surface area contributed by atoms with Crippen molar-refractivity contribution in [3.05, 3.63) is 57.9 Å². The van der Waals surface area contributed by atoms with E-state index in [1.807, 2.05) is 26.0 Å². The third-order valence-electron chi connectivity index (χ3n) is 5.12. The Balaban J connectivity index is 1.79. The van der Waals surface area contributed by atoms with Crippen LogP contribution in [0.25, 0.3) is 6.08 Å². The van der Waals surface area contributed by atoms with E-state index in [2.05, 4.69) is 4.57 Å². The zero-order chi connectivity index (χ0) is 21.1. The fourth-order valence-electron chi connectivity index (χ4n) is 3.47. The smallest absolute Gasteiger partial charge is 0.349 e. The minimum absolute atomic E-state index is 0.0669. The van der Waals surface area contributed by atoms with Crippen LogP contribution in [0.3, 0.4) is 0 Å². The molecular formula is C23H24N2O4. The van der Waals surface area contributed by atoms with Crippen molar-refractivity contribution >= 4 is 17.8 Å². The number of Topliss-reactive ketones (excluding diaryl/α,β-unsaturated/α-hetero) is 1. The summed E-state index contributed by atoms with van der Waals surface area (Å²) >= 11 is 0. The van der Waals surface area contributed by atoms with E-state index in [4.69, 9.17) is 9.47 Å². The minimum Gasteiger partial charge on any atom is -0.496 e. The Morgan fingerprint density at radius 2 is 2.00 bits per heavy atom. The minimum atomic E-state index is -0.709. The van der Waals surface area contributed by atoms with Crippen molar-refractivity contribution in [2.24, 2.45) is 0 Å². The molecule has 0 unspecified atom stereocenters. The van der Waals surface area contributed by atoms with Crippen LogP contribution in [0.2, 0.25) is 0 Å². The van der Waals surface area contributed by atoms with Crippen LogP contribution < -0.4 is 4.74 Å².